The quantitative estimate of drug-likeness (QED) is 0.559. The van der Waals surface area contributed by atoms with Crippen molar-refractivity contribution < 1.29 is 23.6 Å². The second-order valence-corrected chi connectivity index (χ2v) is 3.84. The molecule has 0 fully saturated rings. The van der Waals surface area contributed by atoms with Crippen LogP contribution in [0.2, 0.25) is 0 Å². The van der Waals surface area contributed by atoms with Crippen molar-refractivity contribution in [3.8, 4) is 0 Å². The second-order valence-electron chi connectivity index (χ2n) is 3.84. The molecular formula is C12H9FN2O4. The molecule has 19 heavy (non-hydrogen) atoms. The first-order valence-electron chi connectivity index (χ1n) is 5.32. The molecule has 0 saturated carbocycles. The summed E-state index contributed by atoms with van der Waals surface area (Å²) in [5.41, 5.74) is 0.0474. The fourth-order valence-corrected chi connectivity index (χ4v) is 1.73. The number of halogens is 1. The van der Waals surface area contributed by atoms with Crippen LogP contribution in [0.4, 0.5) is 10.1 Å². The highest BCUT2D eigenvalue weighted by molar-refractivity contribution is 6.57. The molecule has 1 heterocycles. The summed E-state index contributed by atoms with van der Waals surface area (Å²) in [4.78, 5) is 39.4. The summed E-state index contributed by atoms with van der Waals surface area (Å²) < 4.78 is 13.2. The summed E-state index contributed by atoms with van der Waals surface area (Å²) in [5.74, 6) is -2.60. The van der Waals surface area contributed by atoms with E-state index in [0.717, 1.165) is 24.0 Å². The van der Waals surface area contributed by atoms with Crippen LogP contribution >= 0.6 is 0 Å². The smallest absolute Gasteiger partial charge is 0.318 e. The van der Waals surface area contributed by atoms with Crippen molar-refractivity contribution in [1.29, 1.82) is 0 Å². The summed E-state index contributed by atoms with van der Waals surface area (Å²) in [5, 5.41) is 3.38. The highest BCUT2D eigenvalue weighted by Crippen LogP contribution is 2.30. The third kappa shape index (κ3) is 2.22. The maximum absolute atomic E-state index is 13.2. The molecule has 98 valence electrons. The van der Waals surface area contributed by atoms with Gasteiger partial charge in [-0.3, -0.25) is 9.59 Å². The second kappa shape index (κ2) is 4.60. The minimum absolute atomic E-state index is 0.112. The number of hydrogen-bond donors (Lipinski definition) is 0. The van der Waals surface area contributed by atoms with Crippen molar-refractivity contribution in [3.05, 3.63) is 29.6 Å². The first-order chi connectivity index (χ1) is 8.91. The number of nitrogens with zero attached hydrogens (tertiary/aromatic N) is 2. The lowest BCUT2D eigenvalue weighted by atomic mass is 10.1. The van der Waals surface area contributed by atoms with E-state index >= 15 is 0 Å². The van der Waals surface area contributed by atoms with Crippen molar-refractivity contribution >= 4 is 29.2 Å². The van der Waals surface area contributed by atoms with Gasteiger partial charge in [0.15, 0.2) is 5.71 Å². The van der Waals surface area contributed by atoms with E-state index in [9.17, 15) is 18.8 Å². The molecule has 0 N–H and O–H groups in total. The molecular weight excluding hydrogens is 255 g/mol. The molecule has 7 heteroatoms. The van der Waals surface area contributed by atoms with Crippen LogP contribution < -0.4 is 4.90 Å². The van der Waals surface area contributed by atoms with Crippen LogP contribution in [0.3, 0.4) is 0 Å². The zero-order valence-corrected chi connectivity index (χ0v) is 10.1. The molecule has 1 aromatic rings. The Labute approximate surface area is 107 Å². The van der Waals surface area contributed by atoms with Gasteiger partial charge in [-0.15, -0.1) is 0 Å². The number of imide groups is 1. The Morgan fingerprint density at radius 3 is 2.58 bits per heavy atom. The zero-order valence-electron chi connectivity index (χ0n) is 10.1. The van der Waals surface area contributed by atoms with Gasteiger partial charge in [-0.2, -0.15) is 0 Å². The Bertz CT molecular complexity index is 624. The van der Waals surface area contributed by atoms with Crippen molar-refractivity contribution in [3.63, 3.8) is 0 Å². The van der Waals surface area contributed by atoms with Crippen LogP contribution in [0.15, 0.2) is 23.4 Å². The number of benzene rings is 1. The Balaban J connectivity index is 2.57. The number of carbonyl (C=O) groups is 3. The van der Waals surface area contributed by atoms with E-state index in [1.807, 2.05) is 0 Å². The Morgan fingerprint density at radius 2 is 2.00 bits per heavy atom. The van der Waals surface area contributed by atoms with Gasteiger partial charge >= 0.3 is 5.97 Å². The standard InChI is InChI=1S/C12H9FN2O4/c1-6(16)15-10-4-3-8(13)5-9(10)11(12(15)18)14-19-7(2)17/h3-5H,1-2H3/b14-11-. The predicted octanol–water partition coefficient (Wildman–Crippen LogP) is 0.986. The van der Waals surface area contributed by atoms with Gasteiger partial charge in [0, 0.05) is 19.4 Å². The van der Waals surface area contributed by atoms with Gasteiger partial charge in [-0.1, -0.05) is 5.16 Å². The summed E-state index contributed by atoms with van der Waals surface area (Å²) in [7, 11) is 0. The molecule has 1 aliphatic rings. The van der Waals surface area contributed by atoms with E-state index in [1.165, 1.54) is 13.0 Å². The summed E-state index contributed by atoms with van der Waals surface area (Å²) in [6.07, 6.45) is 0. The monoisotopic (exact) mass is 264 g/mol. The van der Waals surface area contributed by atoms with E-state index in [2.05, 4.69) is 9.99 Å². The molecule has 2 rings (SSSR count). The third-order valence-corrected chi connectivity index (χ3v) is 2.44. The Kier molecular flexibility index (Phi) is 3.12. The number of anilines is 1. The Morgan fingerprint density at radius 1 is 1.32 bits per heavy atom. The van der Waals surface area contributed by atoms with Crippen molar-refractivity contribution in [2.45, 2.75) is 13.8 Å². The van der Waals surface area contributed by atoms with Crippen molar-refractivity contribution in [1.82, 2.24) is 0 Å². The highest BCUT2D eigenvalue weighted by Gasteiger charge is 2.37. The molecule has 0 spiro atoms. The van der Waals surface area contributed by atoms with Crippen molar-refractivity contribution in [2.75, 3.05) is 4.90 Å². The molecule has 0 atom stereocenters. The molecule has 6 nitrogen and oxygen atoms in total. The van der Waals surface area contributed by atoms with E-state index in [0.29, 0.717) is 0 Å². The average Bonchev–Trinajstić information content (AvgIpc) is 2.58. The van der Waals surface area contributed by atoms with Crippen LogP contribution in [-0.2, 0) is 19.2 Å². The van der Waals surface area contributed by atoms with Gasteiger partial charge in [0.25, 0.3) is 5.91 Å². The maximum Gasteiger partial charge on any atom is 0.332 e. The molecule has 0 radical (unpaired) electrons. The lowest BCUT2D eigenvalue weighted by Gasteiger charge is -2.11. The minimum Gasteiger partial charge on any atom is -0.318 e. The van der Waals surface area contributed by atoms with E-state index in [1.54, 1.807) is 0 Å². The lowest BCUT2D eigenvalue weighted by molar-refractivity contribution is -0.140. The average molecular weight is 264 g/mol. The largest absolute Gasteiger partial charge is 0.332 e. The maximum atomic E-state index is 13.2. The molecule has 1 aliphatic heterocycles. The molecule has 2 amide bonds. The van der Waals surface area contributed by atoms with Gasteiger partial charge in [0.05, 0.1) is 5.69 Å². The lowest BCUT2D eigenvalue weighted by Crippen LogP contribution is -2.34. The third-order valence-electron chi connectivity index (χ3n) is 2.44. The van der Waals surface area contributed by atoms with Gasteiger partial charge in [-0.25, -0.2) is 14.1 Å². The zero-order chi connectivity index (χ0) is 14.2. The summed E-state index contributed by atoms with van der Waals surface area (Å²) in [6.45, 7) is 2.30. The number of rotatable bonds is 1. The Hall–Kier alpha value is -2.57. The van der Waals surface area contributed by atoms with Crippen LogP contribution in [0, 0.1) is 5.82 Å². The first kappa shape index (κ1) is 12.9. The van der Waals surface area contributed by atoms with Crippen LogP contribution in [0.25, 0.3) is 0 Å². The molecule has 0 bridgehead atoms. The topological polar surface area (TPSA) is 76.0 Å². The van der Waals surface area contributed by atoms with Crippen LogP contribution in [-0.4, -0.2) is 23.5 Å². The van der Waals surface area contributed by atoms with Gasteiger partial charge in [-0.05, 0) is 18.2 Å². The number of carbonyl (C=O) groups excluding carboxylic acids is 3. The van der Waals surface area contributed by atoms with Gasteiger partial charge in [0.2, 0.25) is 5.91 Å². The van der Waals surface area contributed by atoms with E-state index in [4.69, 9.17) is 0 Å². The number of hydrogen-bond acceptors (Lipinski definition) is 5. The normalized spacial score (nSPS) is 15.6. The van der Waals surface area contributed by atoms with Crippen LogP contribution in [0.1, 0.15) is 19.4 Å². The SMILES string of the molecule is CC(=O)O/N=C1\C(=O)N(C(C)=O)c2ccc(F)cc21. The van der Waals surface area contributed by atoms with E-state index in [-0.39, 0.29) is 17.0 Å². The molecule has 0 aromatic heterocycles. The van der Waals surface area contributed by atoms with Crippen molar-refractivity contribution in [2.24, 2.45) is 5.16 Å². The number of oxime groups is 1. The fourth-order valence-electron chi connectivity index (χ4n) is 1.73. The molecule has 0 unspecified atom stereocenters. The fraction of sp³-hybridized carbons (Fsp3) is 0.167. The molecule has 0 saturated heterocycles. The number of amides is 2. The molecule has 1 aromatic carbocycles. The first-order valence-corrected chi connectivity index (χ1v) is 5.32. The minimum atomic E-state index is -0.755. The highest BCUT2D eigenvalue weighted by atomic mass is 19.1. The summed E-state index contributed by atoms with van der Waals surface area (Å²) >= 11 is 0. The summed E-state index contributed by atoms with van der Waals surface area (Å²) in [6, 6.07) is 3.47. The van der Waals surface area contributed by atoms with Gasteiger partial charge in [0.1, 0.15) is 5.82 Å². The number of fused-ring (bicyclic) bond motifs is 1. The molecule has 0 aliphatic carbocycles. The predicted molar refractivity (Wildman–Crippen MR) is 62.9 cm³/mol. The van der Waals surface area contributed by atoms with Gasteiger partial charge < -0.3 is 4.84 Å². The van der Waals surface area contributed by atoms with E-state index < -0.39 is 23.6 Å². The van der Waals surface area contributed by atoms with Crippen LogP contribution in [0.5, 0.6) is 0 Å².